The summed E-state index contributed by atoms with van der Waals surface area (Å²) in [5.74, 6) is -0.677. The van der Waals surface area contributed by atoms with Gasteiger partial charge in [0.05, 0.1) is 13.7 Å². The number of rotatable bonds is 5. The number of carbonyl (C=O) groups excluding carboxylic acids is 2. The minimum absolute atomic E-state index is 0.167. The maximum absolute atomic E-state index is 10.3. The summed E-state index contributed by atoms with van der Waals surface area (Å²) in [5.41, 5.74) is 0.433. The number of hydrogen-bond donors (Lipinski definition) is 1. The van der Waals surface area contributed by atoms with Crippen LogP contribution < -0.4 is 0 Å². The Morgan fingerprint density at radius 2 is 1.80 bits per heavy atom. The van der Waals surface area contributed by atoms with Gasteiger partial charge in [-0.1, -0.05) is 26.5 Å². The van der Waals surface area contributed by atoms with Crippen molar-refractivity contribution in [2.75, 3.05) is 13.7 Å². The number of carbonyl (C=O) groups is 2. The van der Waals surface area contributed by atoms with Crippen LogP contribution in [0.25, 0.3) is 0 Å². The lowest BCUT2D eigenvalue weighted by molar-refractivity contribution is -0.138. The van der Waals surface area contributed by atoms with E-state index in [2.05, 4.69) is 22.6 Å². The zero-order valence-electron chi connectivity index (χ0n) is 13.3. The van der Waals surface area contributed by atoms with Gasteiger partial charge >= 0.3 is 11.9 Å². The quantitative estimate of drug-likeness (QED) is 0.478. The van der Waals surface area contributed by atoms with E-state index < -0.39 is 0 Å². The van der Waals surface area contributed by atoms with Crippen LogP contribution in [0.1, 0.15) is 40.5 Å². The topological polar surface area (TPSA) is 72.8 Å². The molecule has 0 radical (unpaired) electrons. The summed E-state index contributed by atoms with van der Waals surface area (Å²) in [6.07, 6.45) is 2.99. The smallest absolute Gasteiger partial charge is 0.332 e. The molecule has 0 aliphatic heterocycles. The molecule has 0 aromatic rings. The molecule has 0 bridgehead atoms. The zero-order chi connectivity index (χ0) is 16.6. The molecule has 5 nitrogen and oxygen atoms in total. The van der Waals surface area contributed by atoms with Crippen LogP contribution in [0.15, 0.2) is 24.8 Å². The van der Waals surface area contributed by atoms with Crippen molar-refractivity contribution < 1.29 is 24.2 Å². The molecular formula is C15H28O5. The van der Waals surface area contributed by atoms with Gasteiger partial charge in [-0.05, 0) is 27.2 Å². The van der Waals surface area contributed by atoms with Crippen molar-refractivity contribution in [3.05, 3.63) is 24.8 Å². The highest BCUT2D eigenvalue weighted by Crippen LogP contribution is 1.88. The number of unbranched alkanes of at least 4 members (excludes halogenated alkanes) is 1. The summed E-state index contributed by atoms with van der Waals surface area (Å²) >= 11 is 0. The van der Waals surface area contributed by atoms with E-state index in [0.29, 0.717) is 12.2 Å². The summed E-state index contributed by atoms with van der Waals surface area (Å²) in [7, 11) is 1.33. The first-order chi connectivity index (χ1) is 9.22. The highest BCUT2D eigenvalue weighted by atomic mass is 16.5. The number of aliphatic hydroxyl groups is 1. The Morgan fingerprint density at radius 3 is 2.00 bits per heavy atom. The Kier molecular flexibility index (Phi) is 20.4. The molecule has 118 valence electrons. The van der Waals surface area contributed by atoms with Crippen LogP contribution in [0.3, 0.4) is 0 Å². The first-order valence-electron chi connectivity index (χ1n) is 6.43. The molecule has 5 heteroatoms. The Labute approximate surface area is 122 Å². The Morgan fingerprint density at radius 1 is 1.35 bits per heavy atom. The van der Waals surface area contributed by atoms with Crippen molar-refractivity contribution in [1.29, 1.82) is 0 Å². The van der Waals surface area contributed by atoms with Gasteiger partial charge in [-0.25, -0.2) is 9.59 Å². The number of ether oxygens (including phenoxy) is 2. The predicted octanol–water partition coefficient (Wildman–Crippen LogP) is 2.64. The van der Waals surface area contributed by atoms with Crippen LogP contribution in [0.5, 0.6) is 0 Å². The molecule has 0 aliphatic carbocycles. The molecule has 0 unspecified atom stereocenters. The van der Waals surface area contributed by atoms with Crippen LogP contribution in [-0.4, -0.2) is 36.9 Å². The van der Waals surface area contributed by atoms with E-state index in [1.165, 1.54) is 13.2 Å². The summed E-state index contributed by atoms with van der Waals surface area (Å²) in [6.45, 7) is 14.2. The van der Waals surface area contributed by atoms with E-state index in [9.17, 15) is 9.59 Å². The first kappa shape index (κ1) is 23.5. The van der Waals surface area contributed by atoms with E-state index in [4.69, 9.17) is 5.11 Å². The van der Waals surface area contributed by atoms with Gasteiger partial charge in [-0.15, -0.1) is 0 Å². The van der Waals surface area contributed by atoms with E-state index in [-0.39, 0.29) is 18.0 Å². The fourth-order valence-corrected chi connectivity index (χ4v) is 0.550. The molecule has 0 rings (SSSR count). The van der Waals surface area contributed by atoms with Crippen molar-refractivity contribution in [3.8, 4) is 0 Å². The maximum Gasteiger partial charge on any atom is 0.332 e. The third-order valence-electron chi connectivity index (χ3n) is 1.44. The van der Waals surface area contributed by atoms with E-state index >= 15 is 0 Å². The maximum atomic E-state index is 10.3. The molecule has 0 aliphatic rings. The fourth-order valence-electron chi connectivity index (χ4n) is 0.550. The predicted molar refractivity (Wildman–Crippen MR) is 80.2 cm³/mol. The molecule has 0 amide bonds. The monoisotopic (exact) mass is 288 g/mol. The molecule has 0 fully saturated rings. The van der Waals surface area contributed by atoms with Crippen LogP contribution in [0, 0.1) is 0 Å². The summed E-state index contributed by atoms with van der Waals surface area (Å²) in [5, 5.41) is 8.06. The van der Waals surface area contributed by atoms with Crippen LogP contribution in [-0.2, 0) is 19.1 Å². The SMILES string of the molecule is C=C(C)C(=O)OC.C=CC(=O)OCCCC.CC(C)O. The van der Waals surface area contributed by atoms with Gasteiger partial charge in [0.25, 0.3) is 0 Å². The lowest BCUT2D eigenvalue weighted by Crippen LogP contribution is -2.00. The second-order valence-corrected chi connectivity index (χ2v) is 4.09. The van der Waals surface area contributed by atoms with Crippen molar-refractivity contribution in [3.63, 3.8) is 0 Å². The molecular weight excluding hydrogens is 260 g/mol. The zero-order valence-corrected chi connectivity index (χ0v) is 13.3. The average Bonchev–Trinajstić information content (AvgIpc) is 2.37. The van der Waals surface area contributed by atoms with Gasteiger partial charge in [-0.3, -0.25) is 0 Å². The van der Waals surface area contributed by atoms with Crippen LogP contribution >= 0.6 is 0 Å². The standard InChI is InChI=1S/C7H12O2.C5H8O2.C3H8O/c1-3-5-6-9-7(8)4-2;1-4(2)5(6)7-3;1-3(2)4/h4H,2-3,5-6H2,1H3;1H2,2-3H3;3-4H,1-2H3. The fraction of sp³-hybridized carbons (Fsp3) is 0.600. The average molecular weight is 288 g/mol. The van der Waals surface area contributed by atoms with E-state index in [1.54, 1.807) is 20.8 Å². The Bertz CT molecular complexity index is 279. The highest BCUT2D eigenvalue weighted by Gasteiger charge is 1.95. The van der Waals surface area contributed by atoms with Crippen molar-refractivity contribution in [1.82, 2.24) is 0 Å². The molecule has 0 saturated carbocycles. The third kappa shape index (κ3) is 29.9. The molecule has 0 aromatic heterocycles. The minimum Gasteiger partial charge on any atom is -0.466 e. The van der Waals surface area contributed by atoms with Gasteiger partial charge in [0.2, 0.25) is 0 Å². The number of methoxy groups -OCH3 is 1. The molecule has 1 N–H and O–H groups in total. The van der Waals surface area contributed by atoms with Gasteiger partial charge in [0.1, 0.15) is 0 Å². The van der Waals surface area contributed by atoms with Gasteiger partial charge in [-0.2, -0.15) is 0 Å². The lowest BCUT2D eigenvalue weighted by Gasteiger charge is -1.97. The van der Waals surface area contributed by atoms with Gasteiger partial charge in [0.15, 0.2) is 0 Å². The van der Waals surface area contributed by atoms with Gasteiger partial charge in [0, 0.05) is 17.8 Å². The second kappa shape index (κ2) is 17.4. The second-order valence-electron chi connectivity index (χ2n) is 4.09. The number of hydrogen-bond acceptors (Lipinski definition) is 5. The normalized spacial score (nSPS) is 8.35. The lowest BCUT2D eigenvalue weighted by atomic mass is 10.4. The van der Waals surface area contributed by atoms with Crippen LogP contribution in [0.4, 0.5) is 0 Å². The van der Waals surface area contributed by atoms with Gasteiger partial charge < -0.3 is 14.6 Å². The number of aliphatic hydroxyl groups excluding tert-OH is 1. The molecule has 0 aromatic carbocycles. The molecule has 20 heavy (non-hydrogen) atoms. The largest absolute Gasteiger partial charge is 0.466 e. The molecule has 0 spiro atoms. The summed E-state index contributed by atoms with van der Waals surface area (Å²) < 4.78 is 8.95. The third-order valence-corrected chi connectivity index (χ3v) is 1.44. The van der Waals surface area contributed by atoms with Crippen molar-refractivity contribution >= 4 is 11.9 Å². The van der Waals surface area contributed by atoms with Crippen LogP contribution in [0.2, 0.25) is 0 Å². The van der Waals surface area contributed by atoms with Crippen molar-refractivity contribution in [2.45, 2.75) is 46.6 Å². The summed E-state index contributed by atoms with van der Waals surface area (Å²) in [4.78, 5) is 20.5. The summed E-state index contributed by atoms with van der Waals surface area (Å²) in [6, 6.07) is 0. The Balaban J connectivity index is -0.000000234. The number of esters is 2. The first-order valence-corrected chi connectivity index (χ1v) is 6.43. The molecule has 0 heterocycles. The highest BCUT2D eigenvalue weighted by molar-refractivity contribution is 5.86. The molecule has 0 atom stereocenters. The minimum atomic E-state index is -0.347. The van der Waals surface area contributed by atoms with E-state index in [1.807, 2.05) is 6.92 Å². The van der Waals surface area contributed by atoms with Crippen molar-refractivity contribution in [2.24, 2.45) is 0 Å². The molecule has 0 saturated heterocycles. The van der Waals surface area contributed by atoms with E-state index in [0.717, 1.165) is 12.8 Å². The Hall–Kier alpha value is -1.62.